The third-order valence-electron chi connectivity index (χ3n) is 4.94. The van der Waals surface area contributed by atoms with Crippen molar-refractivity contribution in [3.63, 3.8) is 0 Å². The van der Waals surface area contributed by atoms with Crippen LogP contribution in [0.1, 0.15) is 63.6 Å². The van der Waals surface area contributed by atoms with Crippen LogP contribution >= 0.6 is 0 Å². The quantitative estimate of drug-likeness (QED) is 0.894. The molecule has 0 aromatic carbocycles. The van der Waals surface area contributed by atoms with E-state index in [-0.39, 0.29) is 5.41 Å². The molecular weight excluding hydrogens is 226 g/mol. The maximum Gasteiger partial charge on any atom is 0.229 e. The average molecular weight is 249 g/mol. The lowest BCUT2D eigenvalue weighted by molar-refractivity contribution is 0.206. The largest absolute Gasteiger partial charge is 0.339 e. The molecule has 2 aliphatic rings. The van der Waals surface area contributed by atoms with Gasteiger partial charge in [0.15, 0.2) is 5.82 Å². The molecule has 2 fully saturated rings. The van der Waals surface area contributed by atoms with Crippen LogP contribution < -0.4 is 5.32 Å². The van der Waals surface area contributed by atoms with Crippen molar-refractivity contribution in [3.8, 4) is 0 Å². The Balaban J connectivity index is 1.87. The normalized spacial score (nSPS) is 24.2. The minimum Gasteiger partial charge on any atom is -0.339 e. The van der Waals surface area contributed by atoms with Gasteiger partial charge in [-0.25, -0.2) is 0 Å². The molecule has 0 atom stereocenters. The Morgan fingerprint density at radius 1 is 1.28 bits per heavy atom. The first kappa shape index (κ1) is 12.2. The Kier molecular flexibility index (Phi) is 3.14. The zero-order valence-corrected chi connectivity index (χ0v) is 11.4. The Morgan fingerprint density at radius 2 is 2.00 bits per heavy atom. The summed E-state index contributed by atoms with van der Waals surface area (Å²) in [5, 5.41) is 7.75. The topological polar surface area (TPSA) is 51.0 Å². The van der Waals surface area contributed by atoms with Crippen LogP contribution in [0.4, 0.5) is 0 Å². The highest BCUT2D eigenvalue weighted by Gasteiger charge is 2.41. The monoisotopic (exact) mass is 249 g/mol. The summed E-state index contributed by atoms with van der Waals surface area (Å²) in [6.45, 7) is 6.69. The molecular formula is C14H23N3O. The third-order valence-corrected chi connectivity index (χ3v) is 4.94. The van der Waals surface area contributed by atoms with Gasteiger partial charge in [0, 0.05) is 11.3 Å². The van der Waals surface area contributed by atoms with E-state index in [4.69, 9.17) is 9.51 Å². The Morgan fingerprint density at radius 3 is 2.56 bits per heavy atom. The van der Waals surface area contributed by atoms with E-state index in [0.717, 1.165) is 37.6 Å². The molecule has 1 saturated heterocycles. The molecule has 1 saturated carbocycles. The highest BCUT2D eigenvalue weighted by Crippen LogP contribution is 2.41. The number of aromatic nitrogens is 2. The summed E-state index contributed by atoms with van der Waals surface area (Å²) < 4.78 is 5.52. The average Bonchev–Trinajstić information content (AvgIpc) is 2.77. The first-order chi connectivity index (χ1) is 8.72. The Labute approximate surface area is 109 Å². The van der Waals surface area contributed by atoms with Gasteiger partial charge in [-0.05, 0) is 44.7 Å². The first-order valence-corrected chi connectivity index (χ1v) is 7.27. The second kappa shape index (κ2) is 4.65. The summed E-state index contributed by atoms with van der Waals surface area (Å²) in [7, 11) is 0. The number of nitrogens with zero attached hydrogens (tertiary/aromatic N) is 2. The van der Waals surface area contributed by atoms with Gasteiger partial charge in [0.05, 0.1) is 0 Å². The van der Waals surface area contributed by atoms with Gasteiger partial charge in [0.1, 0.15) is 0 Å². The van der Waals surface area contributed by atoms with Gasteiger partial charge in [0.25, 0.3) is 0 Å². The van der Waals surface area contributed by atoms with Crippen molar-refractivity contribution in [1.29, 1.82) is 0 Å². The van der Waals surface area contributed by atoms with Crippen molar-refractivity contribution in [1.82, 2.24) is 15.5 Å². The number of nitrogens with one attached hydrogen (secondary N) is 1. The minimum atomic E-state index is 0.122. The number of piperidine rings is 1. The molecule has 0 unspecified atom stereocenters. The van der Waals surface area contributed by atoms with E-state index in [1.165, 1.54) is 19.3 Å². The molecule has 0 amide bonds. The summed E-state index contributed by atoms with van der Waals surface area (Å²) in [6.07, 6.45) is 5.99. The summed E-state index contributed by atoms with van der Waals surface area (Å²) in [6, 6.07) is 0. The van der Waals surface area contributed by atoms with Crippen LogP contribution in [0.2, 0.25) is 0 Å². The van der Waals surface area contributed by atoms with Crippen molar-refractivity contribution in [3.05, 3.63) is 11.7 Å². The van der Waals surface area contributed by atoms with Crippen LogP contribution in [-0.2, 0) is 5.41 Å². The van der Waals surface area contributed by atoms with Crippen LogP contribution in [0.15, 0.2) is 4.52 Å². The lowest BCUT2D eigenvalue weighted by atomic mass is 9.70. The van der Waals surface area contributed by atoms with Gasteiger partial charge in [-0.2, -0.15) is 4.98 Å². The van der Waals surface area contributed by atoms with E-state index in [0.29, 0.717) is 11.8 Å². The summed E-state index contributed by atoms with van der Waals surface area (Å²) in [4.78, 5) is 4.74. The van der Waals surface area contributed by atoms with Crippen molar-refractivity contribution in [2.75, 3.05) is 13.1 Å². The van der Waals surface area contributed by atoms with E-state index < -0.39 is 0 Å². The fraction of sp³-hybridized carbons (Fsp3) is 0.857. The molecule has 100 valence electrons. The molecule has 3 rings (SSSR count). The first-order valence-electron chi connectivity index (χ1n) is 7.27. The maximum atomic E-state index is 5.52. The molecule has 1 aromatic rings. The second-order valence-corrected chi connectivity index (χ2v) is 6.14. The molecule has 0 bridgehead atoms. The van der Waals surface area contributed by atoms with Crippen LogP contribution in [0, 0.1) is 5.92 Å². The fourth-order valence-corrected chi connectivity index (χ4v) is 3.19. The van der Waals surface area contributed by atoms with Gasteiger partial charge in [-0.15, -0.1) is 0 Å². The minimum absolute atomic E-state index is 0.122. The van der Waals surface area contributed by atoms with E-state index in [2.05, 4.69) is 24.3 Å². The second-order valence-electron chi connectivity index (χ2n) is 6.14. The van der Waals surface area contributed by atoms with Crippen LogP contribution in [0.25, 0.3) is 0 Å². The van der Waals surface area contributed by atoms with E-state index in [9.17, 15) is 0 Å². The highest BCUT2D eigenvalue weighted by atomic mass is 16.5. The third kappa shape index (κ3) is 1.87. The lowest BCUT2D eigenvalue weighted by Gasteiger charge is -2.38. The van der Waals surface area contributed by atoms with Gasteiger partial charge in [0.2, 0.25) is 5.89 Å². The standard InChI is InChI=1S/C14H23N3O/c1-10(2)14(6-8-15-9-7-14)13-16-12(18-17-13)11-4-3-5-11/h10-11,15H,3-9H2,1-2H3. The van der Waals surface area contributed by atoms with Crippen molar-refractivity contribution >= 4 is 0 Å². The molecule has 0 radical (unpaired) electrons. The number of rotatable bonds is 3. The molecule has 1 N–H and O–H groups in total. The summed E-state index contributed by atoms with van der Waals surface area (Å²) >= 11 is 0. The van der Waals surface area contributed by atoms with Crippen molar-refractivity contribution in [2.24, 2.45) is 5.92 Å². The van der Waals surface area contributed by atoms with Gasteiger partial charge >= 0.3 is 0 Å². The maximum absolute atomic E-state index is 5.52. The SMILES string of the molecule is CC(C)C1(c2noc(C3CCC3)n2)CCNCC1. The molecule has 1 aliphatic heterocycles. The van der Waals surface area contributed by atoms with Gasteiger partial charge in [-0.1, -0.05) is 25.4 Å². The van der Waals surface area contributed by atoms with Crippen LogP contribution in [0.3, 0.4) is 0 Å². The van der Waals surface area contributed by atoms with Crippen LogP contribution in [0.5, 0.6) is 0 Å². The smallest absolute Gasteiger partial charge is 0.229 e. The summed E-state index contributed by atoms with van der Waals surface area (Å²) in [5.41, 5.74) is 0.122. The zero-order chi connectivity index (χ0) is 12.6. The lowest BCUT2D eigenvalue weighted by Crippen LogP contribution is -2.44. The van der Waals surface area contributed by atoms with Crippen LogP contribution in [-0.4, -0.2) is 23.2 Å². The number of hydrogen-bond donors (Lipinski definition) is 1. The van der Waals surface area contributed by atoms with Gasteiger partial charge < -0.3 is 9.84 Å². The van der Waals surface area contributed by atoms with Crippen molar-refractivity contribution in [2.45, 2.75) is 57.3 Å². The highest BCUT2D eigenvalue weighted by molar-refractivity contribution is 5.12. The number of hydrogen-bond acceptors (Lipinski definition) is 4. The zero-order valence-electron chi connectivity index (χ0n) is 11.4. The predicted octanol–water partition coefficient (Wildman–Crippen LogP) is 2.61. The molecule has 4 heteroatoms. The molecule has 4 nitrogen and oxygen atoms in total. The molecule has 2 heterocycles. The fourth-order valence-electron chi connectivity index (χ4n) is 3.19. The van der Waals surface area contributed by atoms with E-state index >= 15 is 0 Å². The molecule has 1 aromatic heterocycles. The summed E-state index contributed by atoms with van der Waals surface area (Å²) in [5.74, 6) is 2.94. The molecule has 0 spiro atoms. The predicted molar refractivity (Wildman–Crippen MR) is 69.5 cm³/mol. The van der Waals surface area contributed by atoms with E-state index in [1.54, 1.807) is 0 Å². The van der Waals surface area contributed by atoms with E-state index in [1.807, 2.05) is 0 Å². The Bertz CT molecular complexity index is 403. The van der Waals surface area contributed by atoms with Crippen molar-refractivity contribution < 1.29 is 4.52 Å². The van der Waals surface area contributed by atoms with Gasteiger partial charge in [-0.3, -0.25) is 0 Å². The Hall–Kier alpha value is -0.900. The molecule has 18 heavy (non-hydrogen) atoms. The molecule has 1 aliphatic carbocycles.